The number of hydrogen-bond acceptors (Lipinski definition) is 5. The van der Waals surface area contributed by atoms with E-state index in [9.17, 15) is 21.6 Å². The maximum Gasteiger partial charge on any atom is 0.335 e. The lowest BCUT2D eigenvalue weighted by Crippen LogP contribution is -2.15. The summed E-state index contributed by atoms with van der Waals surface area (Å²) in [5.41, 5.74) is -0.0597. The summed E-state index contributed by atoms with van der Waals surface area (Å²) >= 11 is 0. The Labute approximate surface area is 132 Å². The Morgan fingerprint density at radius 3 is 2.09 bits per heavy atom. The van der Waals surface area contributed by atoms with Crippen LogP contribution in [0.2, 0.25) is 0 Å². The summed E-state index contributed by atoms with van der Waals surface area (Å²) in [6.45, 7) is 0. The quantitative estimate of drug-likeness (QED) is 0.724. The van der Waals surface area contributed by atoms with Gasteiger partial charge in [0, 0.05) is 5.69 Å². The first-order valence-corrected chi connectivity index (χ1v) is 9.11. The van der Waals surface area contributed by atoms with Gasteiger partial charge in [0.2, 0.25) is 10.0 Å². The topological polar surface area (TPSA) is 144 Å². The third-order valence-electron chi connectivity index (χ3n) is 2.83. The number of primary sulfonamides is 1. The summed E-state index contributed by atoms with van der Waals surface area (Å²) in [5, 5.41) is 13.8. The highest BCUT2D eigenvalue weighted by Gasteiger charge is 2.16. The fourth-order valence-corrected chi connectivity index (χ4v) is 3.34. The van der Waals surface area contributed by atoms with Crippen LogP contribution in [-0.4, -0.2) is 27.9 Å². The molecule has 2 aromatic carbocycles. The summed E-state index contributed by atoms with van der Waals surface area (Å²) in [6, 6.07) is 9.61. The van der Waals surface area contributed by atoms with E-state index in [2.05, 4.69) is 4.72 Å². The van der Waals surface area contributed by atoms with Crippen LogP contribution in [0.5, 0.6) is 0 Å². The predicted octanol–water partition coefficient (Wildman–Crippen LogP) is 0.833. The van der Waals surface area contributed by atoms with E-state index in [0.717, 1.165) is 18.2 Å². The first-order chi connectivity index (χ1) is 10.6. The van der Waals surface area contributed by atoms with Gasteiger partial charge >= 0.3 is 5.97 Å². The van der Waals surface area contributed by atoms with Crippen LogP contribution in [0.1, 0.15) is 10.4 Å². The molecule has 4 N–H and O–H groups in total. The third-order valence-corrected chi connectivity index (χ3v) is 5.13. The predicted molar refractivity (Wildman–Crippen MR) is 82.0 cm³/mol. The maximum absolute atomic E-state index is 12.2. The molecule has 10 heteroatoms. The molecule has 122 valence electrons. The van der Waals surface area contributed by atoms with E-state index in [1.165, 1.54) is 30.3 Å². The van der Waals surface area contributed by atoms with Crippen LogP contribution in [0.15, 0.2) is 58.3 Å². The second kappa shape index (κ2) is 5.99. The molecule has 2 aromatic rings. The van der Waals surface area contributed by atoms with Gasteiger partial charge in [-0.1, -0.05) is 6.07 Å². The SMILES string of the molecule is NS(=O)(=O)c1ccc(NS(=O)(=O)c2cccc(C(=O)O)c2)cc1. The van der Waals surface area contributed by atoms with Gasteiger partial charge in [0.15, 0.2) is 0 Å². The van der Waals surface area contributed by atoms with Crippen molar-refractivity contribution in [2.24, 2.45) is 5.14 Å². The molecule has 0 aliphatic heterocycles. The number of aromatic carboxylic acids is 1. The number of carboxylic acids is 1. The smallest absolute Gasteiger partial charge is 0.335 e. The largest absolute Gasteiger partial charge is 0.478 e. The summed E-state index contributed by atoms with van der Waals surface area (Å²) in [7, 11) is -7.88. The highest BCUT2D eigenvalue weighted by Crippen LogP contribution is 2.18. The molecule has 23 heavy (non-hydrogen) atoms. The lowest BCUT2D eigenvalue weighted by Gasteiger charge is -2.09. The van der Waals surface area contributed by atoms with Gasteiger partial charge in [0.25, 0.3) is 10.0 Å². The van der Waals surface area contributed by atoms with Crippen molar-refractivity contribution in [2.75, 3.05) is 4.72 Å². The zero-order chi connectivity index (χ0) is 17.3. The fraction of sp³-hybridized carbons (Fsp3) is 0. The molecule has 0 unspecified atom stereocenters. The summed E-state index contributed by atoms with van der Waals surface area (Å²) in [5.74, 6) is -1.25. The zero-order valence-electron chi connectivity index (χ0n) is 11.5. The van der Waals surface area contributed by atoms with Gasteiger partial charge in [-0.3, -0.25) is 4.72 Å². The van der Waals surface area contributed by atoms with E-state index in [0.29, 0.717) is 0 Å². The van der Waals surface area contributed by atoms with Crippen molar-refractivity contribution in [3.63, 3.8) is 0 Å². The number of carbonyl (C=O) groups is 1. The first kappa shape index (κ1) is 16.9. The van der Waals surface area contributed by atoms with Crippen LogP contribution in [0.25, 0.3) is 0 Å². The highest BCUT2D eigenvalue weighted by molar-refractivity contribution is 7.92. The molecule has 2 rings (SSSR count). The van der Waals surface area contributed by atoms with E-state index in [1.54, 1.807) is 0 Å². The number of sulfonamides is 2. The van der Waals surface area contributed by atoms with E-state index in [1.807, 2.05) is 0 Å². The third kappa shape index (κ3) is 4.06. The zero-order valence-corrected chi connectivity index (χ0v) is 13.1. The number of rotatable bonds is 5. The molecule has 0 radical (unpaired) electrons. The van der Waals surface area contributed by atoms with Gasteiger partial charge < -0.3 is 5.11 Å². The van der Waals surface area contributed by atoms with Crippen molar-refractivity contribution in [3.8, 4) is 0 Å². The number of hydrogen-bond donors (Lipinski definition) is 3. The number of benzene rings is 2. The Balaban J connectivity index is 2.31. The Morgan fingerprint density at radius 1 is 0.957 bits per heavy atom. The minimum atomic E-state index is -4.01. The average molecular weight is 356 g/mol. The minimum Gasteiger partial charge on any atom is -0.478 e. The molecule has 0 spiro atoms. The molecule has 0 bridgehead atoms. The number of carboxylic acid groups (broad SMARTS) is 1. The molecule has 0 atom stereocenters. The Hall–Kier alpha value is -2.43. The van der Waals surface area contributed by atoms with Crippen LogP contribution < -0.4 is 9.86 Å². The minimum absolute atomic E-state index is 0.109. The molecule has 8 nitrogen and oxygen atoms in total. The molecule has 0 aliphatic rings. The maximum atomic E-state index is 12.2. The van der Waals surface area contributed by atoms with Gasteiger partial charge in [-0.2, -0.15) is 0 Å². The van der Waals surface area contributed by atoms with Crippen LogP contribution in [0, 0.1) is 0 Å². The lowest BCUT2D eigenvalue weighted by molar-refractivity contribution is 0.0696. The van der Waals surface area contributed by atoms with Gasteiger partial charge in [-0.05, 0) is 42.5 Å². The van der Waals surface area contributed by atoms with Gasteiger partial charge in [-0.25, -0.2) is 26.8 Å². The van der Waals surface area contributed by atoms with Crippen molar-refractivity contribution in [2.45, 2.75) is 9.79 Å². The number of anilines is 1. The van der Waals surface area contributed by atoms with Gasteiger partial charge in [-0.15, -0.1) is 0 Å². The van der Waals surface area contributed by atoms with Crippen LogP contribution >= 0.6 is 0 Å². The van der Waals surface area contributed by atoms with Gasteiger partial charge in [0.1, 0.15) is 0 Å². The van der Waals surface area contributed by atoms with Crippen molar-refractivity contribution < 1.29 is 26.7 Å². The van der Waals surface area contributed by atoms with E-state index in [4.69, 9.17) is 10.2 Å². The van der Waals surface area contributed by atoms with E-state index >= 15 is 0 Å². The molecule has 0 saturated heterocycles. The Bertz CT molecular complexity index is 950. The second-order valence-electron chi connectivity index (χ2n) is 4.51. The fourth-order valence-electron chi connectivity index (χ4n) is 1.72. The van der Waals surface area contributed by atoms with Crippen LogP contribution in [0.3, 0.4) is 0 Å². The van der Waals surface area contributed by atoms with E-state index in [-0.39, 0.29) is 21.0 Å². The Kier molecular flexibility index (Phi) is 4.41. The monoisotopic (exact) mass is 356 g/mol. The van der Waals surface area contributed by atoms with Crippen molar-refractivity contribution in [1.82, 2.24) is 0 Å². The normalized spacial score (nSPS) is 11.9. The number of nitrogens with two attached hydrogens (primary N) is 1. The van der Waals surface area contributed by atoms with Gasteiger partial charge in [0.05, 0.1) is 15.4 Å². The van der Waals surface area contributed by atoms with Crippen molar-refractivity contribution >= 4 is 31.7 Å². The molecule has 0 aliphatic carbocycles. The average Bonchev–Trinajstić information content (AvgIpc) is 2.46. The highest BCUT2D eigenvalue weighted by atomic mass is 32.2. The van der Waals surface area contributed by atoms with Crippen molar-refractivity contribution in [1.29, 1.82) is 0 Å². The summed E-state index contributed by atoms with van der Waals surface area (Å²) < 4.78 is 48.9. The summed E-state index contributed by atoms with van der Waals surface area (Å²) in [4.78, 5) is 10.5. The standard InChI is InChI=1S/C13H12N2O6S2/c14-22(18,19)11-6-4-10(5-7-11)15-23(20,21)12-3-1-2-9(8-12)13(16)17/h1-8,15H,(H,16,17)(H2,14,18,19). The molecular weight excluding hydrogens is 344 g/mol. The van der Waals surface area contributed by atoms with Crippen LogP contribution in [-0.2, 0) is 20.0 Å². The molecule has 0 fully saturated rings. The molecule has 0 aromatic heterocycles. The summed E-state index contributed by atoms with van der Waals surface area (Å²) in [6.07, 6.45) is 0. The Morgan fingerprint density at radius 2 is 1.57 bits per heavy atom. The van der Waals surface area contributed by atoms with E-state index < -0.39 is 26.0 Å². The second-order valence-corrected chi connectivity index (χ2v) is 7.75. The molecule has 0 amide bonds. The first-order valence-electron chi connectivity index (χ1n) is 6.09. The van der Waals surface area contributed by atoms with Crippen LogP contribution in [0.4, 0.5) is 5.69 Å². The molecule has 0 saturated carbocycles. The molecule has 0 heterocycles. The lowest BCUT2D eigenvalue weighted by atomic mass is 10.2. The molecular formula is C13H12N2O6S2. The number of nitrogens with one attached hydrogen (secondary N) is 1. The van der Waals surface area contributed by atoms with Crippen molar-refractivity contribution in [3.05, 3.63) is 54.1 Å².